The Morgan fingerprint density at radius 2 is 1.96 bits per heavy atom. The molecule has 0 aliphatic rings. The molecule has 6 nitrogen and oxygen atoms in total. The molecular formula is C18H33IN4O2. The van der Waals surface area contributed by atoms with Crippen LogP contribution in [0.3, 0.4) is 0 Å². The zero-order chi connectivity index (χ0) is 17.6. The molecule has 0 radical (unpaired) electrons. The summed E-state index contributed by atoms with van der Waals surface area (Å²) in [6.45, 7) is 9.21. The maximum atomic E-state index is 5.77. The number of guanidine groups is 1. The maximum Gasteiger partial charge on any atom is 0.191 e. The van der Waals surface area contributed by atoms with E-state index in [2.05, 4.69) is 33.5 Å². The summed E-state index contributed by atoms with van der Waals surface area (Å²) in [6.07, 6.45) is 0. The van der Waals surface area contributed by atoms with Gasteiger partial charge in [-0.05, 0) is 45.6 Å². The van der Waals surface area contributed by atoms with Gasteiger partial charge in [-0.3, -0.25) is 0 Å². The van der Waals surface area contributed by atoms with Crippen LogP contribution in [0, 0.1) is 0 Å². The Labute approximate surface area is 169 Å². The number of rotatable bonds is 11. The van der Waals surface area contributed by atoms with Crippen molar-refractivity contribution < 1.29 is 9.47 Å². The molecule has 1 rings (SSSR count). The highest BCUT2D eigenvalue weighted by atomic mass is 127. The van der Waals surface area contributed by atoms with E-state index in [0.29, 0.717) is 19.8 Å². The highest BCUT2D eigenvalue weighted by Crippen LogP contribution is 2.14. The van der Waals surface area contributed by atoms with Crippen molar-refractivity contribution in [3.05, 3.63) is 29.8 Å². The predicted molar refractivity (Wildman–Crippen MR) is 115 cm³/mol. The zero-order valence-electron chi connectivity index (χ0n) is 15.9. The lowest BCUT2D eigenvalue weighted by Gasteiger charge is -2.12. The fourth-order valence-corrected chi connectivity index (χ4v) is 1.98. The third kappa shape index (κ3) is 12.0. The van der Waals surface area contributed by atoms with Crippen LogP contribution in [0.5, 0.6) is 5.75 Å². The number of benzene rings is 1. The van der Waals surface area contributed by atoms with E-state index in [0.717, 1.165) is 43.5 Å². The van der Waals surface area contributed by atoms with Crippen LogP contribution in [0.2, 0.25) is 0 Å². The molecule has 2 N–H and O–H groups in total. The highest BCUT2D eigenvalue weighted by molar-refractivity contribution is 14.0. The van der Waals surface area contributed by atoms with Crippen LogP contribution in [0.4, 0.5) is 0 Å². The van der Waals surface area contributed by atoms with Gasteiger partial charge in [0.15, 0.2) is 5.96 Å². The molecule has 1 aromatic rings. The first-order valence-corrected chi connectivity index (χ1v) is 8.62. The van der Waals surface area contributed by atoms with Crippen LogP contribution in [0.15, 0.2) is 29.3 Å². The van der Waals surface area contributed by atoms with E-state index in [1.165, 1.54) is 0 Å². The lowest BCUT2D eigenvalue weighted by atomic mass is 10.2. The van der Waals surface area contributed by atoms with Gasteiger partial charge in [0.2, 0.25) is 0 Å². The number of nitrogens with one attached hydrogen (secondary N) is 2. The Bertz CT molecular complexity index is 484. The standard InChI is InChI=1S/C18H32N4O2.HI/c1-5-19-18(20-10-12-23-6-2)21-15-16-8-7-9-17(14-16)24-13-11-22(3)4;/h7-9,14H,5-6,10-13,15H2,1-4H3,(H2,19,20,21);1H. The topological polar surface area (TPSA) is 58.1 Å². The Kier molecular flexibility index (Phi) is 14.6. The van der Waals surface area contributed by atoms with Gasteiger partial charge < -0.3 is 25.0 Å². The van der Waals surface area contributed by atoms with Crippen LogP contribution in [-0.4, -0.2) is 64.4 Å². The molecule has 144 valence electrons. The van der Waals surface area contributed by atoms with Crippen molar-refractivity contribution in [2.45, 2.75) is 20.4 Å². The van der Waals surface area contributed by atoms with Gasteiger partial charge in [-0.1, -0.05) is 12.1 Å². The van der Waals surface area contributed by atoms with Crippen molar-refractivity contribution in [1.82, 2.24) is 15.5 Å². The first-order chi connectivity index (χ1) is 11.7. The van der Waals surface area contributed by atoms with Crippen LogP contribution < -0.4 is 15.4 Å². The van der Waals surface area contributed by atoms with Gasteiger partial charge in [0.25, 0.3) is 0 Å². The van der Waals surface area contributed by atoms with E-state index < -0.39 is 0 Å². The Balaban J connectivity index is 0.00000576. The van der Waals surface area contributed by atoms with Crippen molar-refractivity contribution in [2.75, 3.05) is 53.6 Å². The highest BCUT2D eigenvalue weighted by Gasteiger charge is 2.00. The molecule has 0 saturated heterocycles. The smallest absolute Gasteiger partial charge is 0.191 e. The summed E-state index contributed by atoms with van der Waals surface area (Å²) < 4.78 is 11.1. The molecule has 0 saturated carbocycles. The van der Waals surface area contributed by atoms with Gasteiger partial charge in [-0.25, -0.2) is 4.99 Å². The molecule has 0 bridgehead atoms. The molecule has 0 fully saturated rings. The van der Waals surface area contributed by atoms with Crippen molar-refractivity contribution in [2.24, 2.45) is 4.99 Å². The summed E-state index contributed by atoms with van der Waals surface area (Å²) in [5, 5.41) is 6.50. The lowest BCUT2D eigenvalue weighted by molar-refractivity contribution is 0.152. The van der Waals surface area contributed by atoms with Gasteiger partial charge in [0.05, 0.1) is 13.2 Å². The van der Waals surface area contributed by atoms with E-state index >= 15 is 0 Å². The van der Waals surface area contributed by atoms with Gasteiger partial charge in [-0.2, -0.15) is 0 Å². The quantitative estimate of drug-likeness (QED) is 0.228. The second kappa shape index (κ2) is 15.2. The van der Waals surface area contributed by atoms with Crippen LogP contribution >= 0.6 is 24.0 Å². The molecule has 0 aliphatic heterocycles. The van der Waals surface area contributed by atoms with Gasteiger partial charge >= 0.3 is 0 Å². The fourth-order valence-electron chi connectivity index (χ4n) is 1.98. The third-order valence-electron chi connectivity index (χ3n) is 3.21. The maximum absolute atomic E-state index is 5.77. The van der Waals surface area contributed by atoms with Crippen LogP contribution in [-0.2, 0) is 11.3 Å². The zero-order valence-corrected chi connectivity index (χ0v) is 18.2. The molecule has 0 unspecified atom stereocenters. The summed E-state index contributed by atoms with van der Waals surface area (Å²) in [4.78, 5) is 6.71. The summed E-state index contributed by atoms with van der Waals surface area (Å²) in [5.41, 5.74) is 1.12. The van der Waals surface area contributed by atoms with Gasteiger partial charge in [0, 0.05) is 26.2 Å². The molecule has 0 aliphatic carbocycles. The van der Waals surface area contributed by atoms with E-state index in [1.807, 2.05) is 39.2 Å². The minimum absolute atomic E-state index is 0. The monoisotopic (exact) mass is 464 g/mol. The minimum atomic E-state index is 0. The summed E-state index contributed by atoms with van der Waals surface area (Å²) in [7, 11) is 4.07. The number of hydrogen-bond acceptors (Lipinski definition) is 4. The molecule has 0 aromatic heterocycles. The summed E-state index contributed by atoms with van der Waals surface area (Å²) in [6, 6.07) is 8.09. The second-order valence-corrected chi connectivity index (χ2v) is 5.62. The minimum Gasteiger partial charge on any atom is -0.492 e. The number of hydrogen-bond donors (Lipinski definition) is 2. The van der Waals surface area contributed by atoms with Gasteiger partial charge in [-0.15, -0.1) is 24.0 Å². The SMILES string of the molecule is CCNC(=NCc1cccc(OCCN(C)C)c1)NCCOCC.I. The van der Waals surface area contributed by atoms with E-state index in [9.17, 15) is 0 Å². The molecule has 0 atom stereocenters. The largest absolute Gasteiger partial charge is 0.492 e. The molecule has 7 heteroatoms. The van der Waals surface area contributed by atoms with Crippen molar-refractivity contribution in [1.29, 1.82) is 0 Å². The summed E-state index contributed by atoms with van der Waals surface area (Å²) >= 11 is 0. The van der Waals surface area contributed by atoms with Crippen LogP contribution in [0.1, 0.15) is 19.4 Å². The molecular weight excluding hydrogens is 431 g/mol. The number of halogens is 1. The molecule has 0 heterocycles. The Hall–Kier alpha value is -1.06. The van der Waals surface area contributed by atoms with Crippen molar-refractivity contribution >= 4 is 29.9 Å². The lowest BCUT2D eigenvalue weighted by Crippen LogP contribution is -2.39. The van der Waals surface area contributed by atoms with Crippen molar-refractivity contribution in [3.8, 4) is 5.75 Å². The fraction of sp³-hybridized carbons (Fsp3) is 0.611. The first-order valence-electron chi connectivity index (χ1n) is 8.62. The van der Waals surface area contributed by atoms with E-state index in [1.54, 1.807) is 0 Å². The van der Waals surface area contributed by atoms with E-state index in [4.69, 9.17) is 9.47 Å². The van der Waals surface area contributed by atoms with Gasteiger partial charge in [0.1, 0.15) is 12.4 Å². The number of likely N-dealkylation sites (N-methyl/N-ethyl adjacent to an activating group) is 1. The molecule has 25 heavy (non-hydrogen) atoms. The number of aliphatic imine (C=N–C) groups is 1. The average molecular weight is 464 g/mol. The molecule has 0 spiro atoms. The van der Waals surface area contributed by atoms with Crippen molar-refractivity contribution in [3.63, 3.8) is 0 Å². The number of nitrogens with zero attached hydrogens (tertiary/aromatic N) is 2. The van der Waals surface area contributed by atoms with Crippen LogP contribution in [0.25, 0.3) is 0 Å². The second-order valence-electron chi connectivity index (χ2n) is 5.62. The molecule has 0 amide bonds. The molecule has 1 aromatic carbocycles. The normalized spacial score (nSPS) is 11.2. The predicted octanol–water partition coefficient (Wildman–Crippen LogP) is 2.34. The number of ether oxygens (including phenoxy) is 2. The van der Waals surface area contributed by atoms with E-state index in [-0.39, 0.29) is 24.0 Å². The Morgan fingerprint density at radius 1 is 1.16 bits per heavy atom. The first kappa shape index (κ1) is 23.9. The Morgan fingerprint density at radius 3 is 2.64 bits per heavy atom. The average Bonchev–Trinajstić information content (AvgIpc) is 2.56. The summed E-state index contributed by atoms with van der Waals surface area (Å²) in [5.74, 6) is 1.69. The third-order valence-corrected chi connectivity index (χ3v) is 3.21.